The number of carbonyl (C=O) groups is 3. The van der Waals surface area contributed by atoms with Crippen molar-refractivity contribution in [2.45, 2.75) is 114 Å². The van der Waals surface area contributed by atoms with Crippen LogP contribution < -0.4 is 10.6 Å². The van der Waals surface area contributed by atoms with Crippen LogP contribution in [-0.4, -0.2) is 124 Å². The van der Waals surface area contributed by atoms with Crippen LogP contribution in [0, 0.1) is 49.2 Å². The number of piperidine rings is 4. The van der Waals surface area contributed by atoms with E-state index >= 15 is 23.2 Å². The van der Waals surface area contributed by atoms with E-state index in [4.69, 9.17) is 0 Å². The topological polar surface area (TPSA) is 163 Å². The normalized spacial score (nSPS) is 27.4. The molecule has 4 heterocycles. The zero-order chi connectivity index (χ0) is 51.0. The number of aliphatic hydroxyl groups excluding tert-OH is 2. The van der Waals surface area contributed by atoms with E-state index in [1.807, 2.05) is 12.1 Å². The van der Waals surface area contributed by atoms with Crippen LogP contribution in [0.2, 0.25) is 0 Å². The largest absolute Gasteiger partial charge is 0.508 e. The van der Waals surface area contributed by atoms with Crippen molar-refractivity contribution in [3.63, 3.8) is 0 Å². The highest BCUT2D eigenvalue weighted by molar-refractivity contribution is 6.02. The van der Waals surface area contributed by atoms with Gasteiger partial charge in [-0.05, 0) is 199 Å². The van der Waals surface area contributed by atoms with E-state index in [-0.39, 0.29) is 79.8 Å². The molecule has 8 rings (SSSR count). The minimum atomic E-state index is -1.25. The number of hydrogen-bond acceptors (Lipinski definition) is 11. The van der Waals surface area contributed by atoms with Crippen molar-refractivity contribution in [1.29, 1.82) is 0 Å². The predicted octanol–water partition coefficient (Wildman–Crippen LogP) is 8.64. The van der Waals surface area contributed by atoms with Gasteiger partial charge in [0.05, 0.1) is 11.1 Å². The van der Waals surface area contributed by atoms with Crippen LogP contribution in [0.3, 0.4) is 0 Å². The lowest BCUT2D eigenvalue weighted by atomic mass is 9.54. The first-order valence-corrected chi connectivity index (χ1v) is 26.7. The van der Waals surface area contributed by atoms with Crippen molar-refractivity contribution in [1.82, 2.24) is 20.4 Å². The fourth-order valence-electron chi connectivity index (χ4n) is 13.6. The Bertz CT molecular complexity index is 2340. The van der Waals surface area contributed by atoms with Crippen molar-refractivity contribution in [3.05, 3.63) is 130 Å². The number of Topliss-reactive ketones (excluding diaryl/α,β-unsaturated/α-hetero) is 3. The van der Waals surface area contributed by atoms with Crippen molar-refractivity contribution in [2.24, 2.45) is 23.7 Å². The van der Waals surface area contributed by atoms with Gasteiger partial charge in [-0.25, -0.2) is 8.78 Å². The zero-order valence-electron chi connectivity index (χ0n) is 42.3. The maximum absolute atomic E-state index is 18.0. The summed E-state index contributed by atoms with van der Waals surface area (Å²) < 4.78 is 32.1. The molecule has 0 aliphatic carbocycles. The molecule has 4 aromatic rings. The minimum absolute atomic E-state index is 0.0164. The van der Waals surface area contributed by atoms with Gasteiger partial charge >= 0.3 is 0 Å². The summed E-state index contributed by atoms with van der Waals surface area (Å²) in [7, 11) is 0. The molecule has 0 amide bonds. The molecule has 0 spiro atoms. The highest BCUT2D eigenvalue weighted by Crippen LogP contribution is 2.56. The highest BCUT2D eigenvalue weighted by atomic mass is 19.1. The standard InChI is InChI=1S/C59H76F2N4O7/c1-39-47(21-11-23-53(39)60)49-33-58(43-17-13-25-62-35-43,64(27-5-3-7-29-66)37-51(49)55(70)41-15-9-19-45(68)31-41)57(72)59(44-18-14-26-63-36-44)34-50(48-22-12-24-54(61)40(48)2)52(38-65(59)28-6-4-8-30-67)56(71)42-16-10-20-46(69)32-42/h9-12,15-16,19-24,31-32,43-44,49-52,62-63,66-69H,3-8,13-14,17-18,25-30,33-38H2,1-2H3/t43?,44?,49-,50-,51-,52-,58+,59+/m0/s1. The van der Waals surface area contributed by atoms with Crippen LogP contribution in [0.25, 0.3) is 0 Å². The molecule has 8 atom stereocenters. The summed E-state index contributed by atoms with van der Waals surface area (Å²) in [6.45, 7) is 7.37. The molecule has 0 saturated carbocycles. The average Bonchev–Trinajstić information content (AvgIpc) is 3.40. The second-order valence-corrected chi connectivity index (χ2v) is 21.3. The Morgan fingerprint density at radius 3 is 1.39 bits per heavy atom. The third-order valence-electron chi connectivity index (χ3n) is 17.3. The zero-order valence-corrected chi connectivity index (χ0v) is 42.3. The summed E-state index contributed by atoms with van der Waals surface area (Å²) >= 11 is 0. The molecule has 4 aliphatic rings. The Morgan fingerprint density at radius 1 is 0.597 bits per heavy atom. The number of hydrogen-bond donors (Lipinski definition) is 6. The number of likely N-dealkylation sites (tertiary alicyclic amines) is 2. The van der Waals surface area contributed by atoms with E-state index in [9.17, 15) is 20.4 Å². The van der Waals surface area contributed by atoms with Crippen molar-refractivity contribution in [2.75, 3.05) is 65.6 Å². The number of halogens is 2. The lowest BCUT2D eigenvalue weighted by molar-refractivity contribution is -0.166. The highest BCUT2D eigenvalue weighted by Gasteiger charge is 2.66. The SMILES string of the molecule is Cc1c(F)cccc1[C@@H]1C[C@](C(=O)[C@]2(C3CCCNC3)C[C@@H](c3cccc(F)c3C)[C@@H](C(=O)c3cccc(O)c3)CN2CCCCCO)(C2CCCNC2)N(CCCCCO)C[C@@H]1C(=O)c1cccc(O)c1. The lowest BCUT2D eigenvalue weighted by Gasteiger charge is -2.63. The maximum atomic E-state index is 18.0. The van der Waals surface area contributed by atoms with Gasteiger partial charge in [-0.2, -0.15) is 0 Å². The van der Waals surface area contributed by atoms with E-state index in [1.54, 1.807) is 50.2 Å². The lowest BCUT2D eigenvalue weighted by Crippen LogP contribution is -2.77. The average molecular weight is 991 g/mol. The first kappa shape index (κ1) is 53.4. The minimum Gasteiger partial charge on any atom is -0.508 e. The molecule has 0 radical (unpaired) electrons. The number of phenolic OH excluding ortho intramolecular Hbond substituents is 2. The molecule has 4 fully saturated rings. The van der Waals surface area contributed by atoms with Crippen LogP contribution in [0.4, 0.5) is 8.78 Å². The number of phenols is 2. The monoisotopic (exact) mass is 991 g/mol. The third kappa shape index (κ3) is 10.8. The number of aromatic hydroxyl groups is 2. The van der Waals surface area contributed by atoms with Gasteiger partial charge in [0.2, 0.25) is 0 Å². The number of aliphatic hydroxyl groups is 2. The van der Waals surface area contributed by atoms with Gasteiger partial charge in [0.1, 0.15) is 23.1 Å². The van der Waals surface area contributed by atoms with Crippen molar-refractivity contribution >= 4 is 17.3 Å². The molecule has 6 N–H and O–H groups in total. The number of benzene rings is 4. The van der Waals surface area contributed by atoms with E-state index in [0.29, 0.717) is 111 Å². The third-order valence-corrected chi connectivity index (χ3v) is 17.3. The van der Waals surface area contributed by atoms with Crippen LogP contribution in [0.5, 0.6) is 11.5 Å². The van der Waals surface area contributed by atoms with Gasteiger partial charge in [0.25, 0.3) is 0 Å². The molecule has 11 nitrogen and oxygen atoms in total. The van der Waals surface area contributed by atoms with Gasteiger partial charge in [-0.3, -0.25) is 24.2 Å². The first-order valence-electron chi connectivity index (χ1n) is 26.7. The molecule has 388 valence electrons. The van der Waals surface area contributed by atoms with E-state index < -0.39 is 46.4 Å². The summed E-state index contributed by atoms with van der Waals surface area (Å²) in [6.07, 6.45) is 7.24. The number of rotatable bonds is 20. The smallest absolute Gasteiger partial charge is 0.173 e. The summed E-state index contributed by atoms with van der Waals surface area (Å²) in [5, 5.41) is 48.7. The van der Waals surface area contributed by atoms with Gasteiger partial charge in [0.15, 0.2) is 17.3 Å². The fraction of sp³-hybridized carbons (Fsp3) is 0.542. The molecule has 4 aromatic carbocycles. The molecule has 0 bridgehead atoms. The van der Waals surface area contributed by atoms with Crippen molar-refractivity contribution < 1.29 is 43.6 Å². The quantitative estimate of drug-likeness (QED) is 0.0372. The number of carbonyl (C=O) groups excluding carboxylic acids is 3. The summed E-state index contributed by atoms with van der Waals surface area (Å²) in [5.41, 5.74) is 0.319. The van der Waals surface area contributed by atoms with Crippen molar-refractivity contribution in [3.8, 4) is 11.5 Å². The molecular weight excluding hydrogens is 915 g/mol. The van der Waals surface area contributed by atoms with Gasteiger partial charge in [0, 0.05) is 62.4 Å². The Balaban J connectivity index is 1.40. The second-order valence-electron chi connectivity index (χ2n) is 21.3. The molecule has 4 saturated heterocycles. The molecule has 0 aromatic heterocycles. The first-order chi connectivity index (χ1) is 34.8. The maximum Gasteiger partial charge on any atom is 0.173 e. The molecule has 2 unspecified atom stereocenters. The van der Waals surface area contributed by atoms with E-state index in [1.165, 1.54) is 36.4 Å². The van der Waals surface area contributed by atoms with Gasteiger partial charge < -0.3 is 31.1 Å². The Hall–Kier alpha value is -4.89. The molecular formula is C59H76F2N4O7. The predicted molar refractivity (Wildman–Crippen MR) is 276 cm³/mol. The Morgan fingerprint density at radius 2 is 1.01 bits per heavy atom. The van der Waals surface area contributed by atoms with Crippen LogP contribution >= 0.6 is 0 Å². The number of nitrogens with zero attached hydrogens (tertiary/aromatic N) is 2. The molecule has 13 heteroatoms. The summed E-state index contributed by atoms with van der Waals surface area (Å²) in [5.74, 6) is -4.50. The van der Waals surface area contributed by atoms with Crippen LogP contribution in [0.15, 0.2) is 84.9 Å². The summed E-state index contributed by atoms with van der Waals surface area (Å²) in [6, 6.07) is 22.7. The fourth-order valence-corrected chi connectivity index (χ4v) is 13.6. The molecule has 72 heavy (non-hydrogen) atoms. The van der Waals surface area contributed by atoms with Gasteiger partial charge in [-0.1, -0.05) is 48.5 Å². The van der Waals surface area contributed by atoms with Gasteiger partial charge in [-0.15, -0.1) is 0 Å². The van der Waals surface area contributed by atoms with Crippen LogP contribution in [-0.2, 0) is 4.79 Å². The number of unbranched alkanes of at least 4 members (excludes halogenated alkanes) is 4. The number of ketones is 3. The summed E-state index contributed by atoms with van der Waals surface area (Å²) in [4.78, 5) is 53.2. The van der Waals surface area contributed by atoms with E-state index in [0.717, 1.165) is 25.9 Å². The Labute approximate surface area is 424 Å². The second kappa shape index (κ2) is 24.0. The molecule has 4 aliphatic heterocycles. The van der Waals surface area contributed by atoms with Crippen LogP contribution in [0.1, 0.15) is 132 Å². The number of nitrogens with one attached hydrogen (secondary N) is 2. The Kier molecular flexibility index (Phi) is 17.8. The van der Waals surface area contributed by atoms with E-state index in [2.05, 4.69) is 20.4 Å².